The lowest BCUT2D eigenvalue weighted by Crippen LogP contribution is -2.23. The molecule has 0 unspecified atom stereocenters. The molecule has 1 amide bonds. The topological polar surface area (TPSA) is 75.6 Å². The van der Waals surface area contributed by atoms with E-state index < -0.39 is 0 Å². The van der Waals surface area contributed by atoms with Gasteiger partial charge >= 0.3 is 0 Å². The number of benzene rings is 2. The number of para-hydroxylation sites is 1. The van der Waals surface area contributed by atoms with Gasteiger partial charge in [-0.2, -0.15) is 5.10 Å². The summed E-state index contributed by atoms with van der Waals surface area (Å²) in [6.45, 7) is 0.333. The number of amides is 1. The second kappa shape index (κ2) is 8.08. The van der Waals surface area contributed by atoms with Gasteiger partial charge in [0.15, 0.2) is 0 Å². The molecule has 7 heteroatoms. The Labute approximate surface area is 183 Å². The molecule has 0 saturated heterocycles. The maximum Gasteiger partial charge on any atom is 0.267 e. The SMILES string of the molecule is O=C(NCc1cn(-c2ccccc2)nc1-c1ccncc1)c1cc2ccc(Cl)cc2[nH]1. The van der Waals surface area contributed by atoms with E-state index in [1.54, 1.807) is 24.5 Å². The molecule has 0 aliphatic carbocycles. The zero-order chi connectivity index (χ0) is 21.2. The first-order chi connectivity index (χ1) is 15.2. The summed E-state index contributed by atoms with van der Waals surface area (Å²) in [7, 11) is 0. The average Bonchev–Trinajstić information content (AvgIpc) is 3.43. The van der Waals surface area contributed by atoms with Crippen molar-refractivity contribution in [1.29, 1.82) is 0 Å². The number of pyridine rings is 1. The lowest BCUT2D eigenvalue weighted by atomic mass is 10.1. The molecular weight excluding hydrogens is 410 g/mol. The van der Waals surface area contributed by atoms with Crippen LogP contribution in [0.5, 0.6) is 0 Å². The van der Waals surface area contributed by atoms with Crippen molar-refractivity contribution < 1.29 is 4.79 Å². The van der Waals surface area contributed by atoms with Crippen LogP contribution in [-0.2, 0) is 6.54 Å². The molecule has 3 heterocycles. The smallest absolute Gasteiger partial charge is 0.267 e. The van der Waals surface area contributed by atoms with Gasteiger partial charge < -0.3 is 10.3 Å². The van der Waals surface area contributed by atoms with E-state index in [0.29, 0.717) is 17.3 Å². The number of nitrogens with zero attached hydrogens (tertiary/aromatic N) is 3. The maximum absolute atomic E-state index is 12.8. The number of carbonyl (C=O) groups is 1. The van der Waals surface area contributed by atoms with E-state index in [9.17, 15) is 4.79 Å². The van der Waals surface area contributed by atoms with E-state index in [1.807, 2.05) is 65.5 Å². The highest BCUT2D eigenvalue weighted by Crippen LogP contribution is 2.24. The van der Waals surface area contributed by atoms with Crippen LogP contribution in [0.3, 0.4) is 0 Å². The van der Waals surface area contributed by atoms with Gasteiger partial charge in [-0.25, -0.2) is 4.68 Å². The highest BCUT2D eigenvalue weighted by atomic mass is 35.5. The van der Waals surface area contributed by atoms with E-state index in [4.69, 9.17) is 16.7 Å². The highest BCUT2D eigenvalue weighted by Gasteiger charge is 2.15. The van der Waals surface area contributed by atoms with Gasteiger partial charge in [0.1, 0.15) is 5.69 Å². The molecular formula is C24H18ClN5O. The maximum atomic E-state index is 12.8. The minimum absolute atomic E-state index is 0.194. The van der Waals surface area contributed by atoms with Crippen LogP contribution in [0.1, 0.15) is 16.1 Å². The van der Waals surface area contributed by atoms with Crippen LogP contribution in [0.2, 0.25) is 5.02 Å². The summed E-state index contributed by atoms with van der Waals surface area (Å²) in [5.74, 6) is -0.194. The summed E-state index contributed by atoms with van der Waals surface area (Å²) in [5.41, 5.74) is 4.90. The van der Waals surface area contributed by atoms with Gasteiger partial charge in [0.05, 0.1) is 11.4 Å². The third kappa shape index (κ3) is 3.93. The number of nitrogens with one attached hydrogen (secondary N) is 2. The molecule has 0 saturated carbocycles. The fraction of sp³-hybridized carbons (Fsp3) is 0.0417. The Morgan fingerprint density at radius 2 is 1.84 bits per heavy atom. The van der Waals surface area contributed by atoms with Gasteiger partial charge in [0, 0.05) is 52.2 Å². The van der Waals surface area contributed by atoms with Crippen LogP contribution in [0.25, 0.3) is 27.8 Å². The molecule has 0 radical (unpaired) electrons. The van der Waals surface area contributed by atoms with Crippen molar-refractivity contribution in [3.05, 3.63) is 102 Å². The van der Waals surface area contributed by atoms with Gasteiger partial charge in [-0.15, -0.1) is 0 Å². The Morgan fingerprint density at radius 1 is 1.03 bits per heavy atom. The van der Waals surface area contributed by atoms with E-state index >= 15 is 0 Å². The molecule has 6 nitrogen and oxygen atoms in total. The monoisotopic (exact) mass is 427 g/mol. The van der Waals surface area contributed by atoms with Crippen LogP contribution >= 0.6 is 11.6 Å². The molecule has 31 heavy (non-hydrogen) atoms. The minimum Gasteiger partial charge on any atom is -0.350 e. The summed E-state index contributed by atoms with van der Waals surface area (Å²) in [6.07, 6.45) is 5.40. The van der Waals surface area contributed by atoms with Crippen molar-refractivity contribution in [2.24, 2.45) is 0 Å². The molecule has 0 fully saturated rings. The quantitative estimate of drug-likeness (QED) is 0.414. The third-order valence-corrected chi connectivity index (χ3v) is 5.27. The van der Waals surface area contributed by atoms with Crippen molar-refractivity contribution in [2.75, 3.05) is 0 Å². The van der Waals surface area contributed by atoms with Gasteiger partial charge in [-0.3, -0.25) is 9.78 Å². The second-order valence-corrected chi connectivity index (χ2v) is 7.55. The zero-order valence-corrected chi connectivity index (χ0v) is 17.2. The van der Waals surface area contributed by atoms with Gasteiger partial charge in [-0.1, -0.05) is 35.9 Å². The molecule has 5 rings (SSSR count). The normalized spacial score (nSPS) is 11.0. The van der Waals surface area contributed by atoms with Crippen LogP contribution in [-0.4, -0.2) is 25.7 Å². The number of hydrogen-bond donors (Lipinski definition) is 2. The van der Waals surface area contributed by atoms with E-state index in [0.717, 1.165) is 33.4 Å². The Bertz CT molecular complexity index is 1360. The summed E-state index contributed by atoms with van der Waals surface area (Å²) >= 11 is 6.04. The number of carbonyl (C=O) groups excluding carboxylic acids is 1. The molecule has 2 aromatic carbocycles. The first-order valence-electron chi connectivity index (χ1n) is 9.78. The van der Waals surface area contributed by atoms with Crippen LogP contribution < -0.4 is 5.32 Å². The first-order valence-corrected chi connectivity index (χ1v) is 10.2. The molecule has 2 N–H and O–H groups in total. The van der Waals surface area contributed by atoms with Crippen molar-refractivity contribution in [3.63, 3.8) is 0 Å². The largest absolute Gasteiger partial charge is 0.350 e. The van der Waals surface area contributed by atoms with Crippen molar-refractivity contribution in [1.82, 2.24) is 25.1 Å². The van der Waals surface area contributed by atoms with Gasteiger partial charge in [-0.05, 0) is 42.5 Å². The summed E-state index contributed by atoms with van der Waals surface area (Å²) in [4.78, 5) is 20.0. The Morgan fingerprint density at radius 3 is 2.65 bits per heavy atom. The number of rotatable bonds is 5. The predicted molar refractivity (Wildman–Crippen MR) is 121 cm³/mol. The van der Waals surface area contributed by atoms with Crippen LogP contribution in [0.15, 0.2) is 85.3 Å². The van der Waals surface area contributed by atoms with E-state index in [-0.39, 0.29) is 5.91 Å². The molecule has 0 bridgehead atoms. The fourth-order valence-electron chi connectivity index (χ4n) is 3.50. The molecule has 0 atom stereocenters. The number of hydrogen-bond acceptors (Lipinski definition) is 3. The van der Waals surface area contributed by atoms with Crippen LogP contribution in [0, 0.1) is 0 Å². The molecule has 5 aromatic rings. The lowest BCUT2D eigenvalue weighted by Gasteiger charge is -2.04. The van der Waals surface area contributed by atoms with E-state index in [2.05, 4.69) is 15.3 Å². The fourth-order valence-corrected chi connectivity index (χ4v) is 3.67. The second-order valence-electron chi connectivity index (χ2n) is 7.12. The number of aromatic amines is 1. The number of fused-ring (bicyclic) bond motifs is 1. The average molecular weight is 428 g/mol. The molecule has 0 aliphatic rings. The lowest BCUT2D eigenvalue weighted by molar-refractivity contribution is 0.0947. The Hall–Kier alpha value is -3.90. The molecule has 152 valence electrons. The standard InChI is InChI=1S/C24H18ClN5O/c25-19-7-6-17-12-22(28-21(17)13-19)24(31)27-14-18-15-30(20-4-2-1-3-5-20)29-23(18)16-8-10-26-11-9-16/h1-13,15,28H,14H2,(H,27,31). The van der Waals surface area contributed by atoms with E-state index in [1.165, 1.54) is 0 Å². The minimum atomic E-state index is -0.194. The Kier molecular flexibility index (Phi) is 4.98. The van der Waals surface area contributed by atoms with Crippen molar-refractivity contribution in [3.8, 4) is 16.9 Å². The summed E-state index contributed by atoms with van der Waals surface area (Å²) in [6, 6.07) is 21.0. The molecule has 3 aromatic heterocycles. The molecule has 0 aliphatic heterocycles. The van der Waals surface area contributed by atoms with Gasteiger partial charge in [0.2, 0.25) is 0 Å². The third-order valence-electron chi connectivity index (χ3n) is 5.03. The number of H-pyrrole nitrogens is 1. The van der Waals surface area contributed by atoms with Crippen molar-refractivity contribution >= 4 is 28.4 Å². The predicted octanol–water partition coefficient (Wildman–Crippen LogP) is 5.00. The zero-order valence-electron chi connectivity index (χ0n) is 16.4. The number of aromatic nitrogens is 4. The summed E-state index contributed by atoms with van der Waals surface area (Å²) in [5, 5.41) is 9.31. The highest BCUT2D eigenvalue weighted by molar-refractivity contribution is 6.31. The summed E-state index contributed by atoms with van der Waals surface area (Å²) < 4.78 is 1.82. The molecule has 0 spiro atoms. The Balaban J connectivity index is 1.43. The first kappa shape index (κ1) is 19.1. The number of halogens is 1. The van der Waals surface area contributed by atoms with Crippen molar-refractivity contribution in [2.45, 2.75) is 6.54 Å². The van der Waals surface area contributed by atoms with Crippen LogP contribution in [0.4, 0.5) is 0 Å². The van der Waals surface area contributed by atoms with Gasteiger partial charge in [0.25, 0.3) is 5.91 Å².